The highest BCUT2D eigenvalue weighted by Gasteiger charge is 2.64. The third-order valence-electron chi connectivity index (χ3n) is 6.05. The maximum atomic E-state index is 12.9. The van der Waals surface area contributed by atoms with Gasteiger partial charge in [-0.3, -0.25) is 14.4 Å². The van der Waals surface area contributed by atoms with Crippen molar-refractivity contribution in [1.82, 2.24) is 10.2 Å². The van der Waals surface area contributed by atoms with Crippen LogP contribution in [0.5, 0.6) is 0 Å². The molecule has 2 aromatic carbocycles. The van der Waals surface area contributed by atoms with Crippen LogP contribution in [-0.2, 0) is 14.4 Å². The second-order valence-electron chi connectivity index (χ2n) is 8.63. The van der Waals surface area contributed by atoms with Crippen LogP contribution < -0.4 is 5.32 Å². The highest BCUT2D eigenvalue weighted by Crippen LogP contribution is 2.50. The summed E-state index contributed by atoms with van der Waals surface area (Å²) in [4.78, 5) is 51.3. The molecule has 2 aliphatic rings. The second kappa shape index (κ2) is 8.09. The first-order valence-electron chi connectivity index (χ1n) is 10.3. The van der Waals surface area contributed by atoms with Crippen molar-refractivity contribution in [2.24, 2.45) is 0 Å². The molecule has 166 valence electrons. The lowest BCUT2D eigenvalue weighted by Crippen LogP contribution is -2.70. The molecule has 0 spiro atoms. The molecule has 4 unspecified atom stereocenters. The second-order valence-corrected chi connectivity index (χ2v) is 10.4. The summed E-state index contributed by atoms with van der Waals surface area (Å²) in [6.07, 6.45) is 0. The summed E-state index contributed by atoms with van der Waals surface area (Å²) in [7, 11) is 0. The third-order valence-corrected chi connectivity index (χ3v) is 7.62. The maximum absolute atomic E-state index is 12.9. The number of benzene rings is 2. The van der Waals surface area contributed by atoms with Gasteiger partial charge in [-0.05, 0) is 32.4 Å². The van der Waals surface area contributed by atoms with Crippen LogP contribution in [0.1, 0.15) is 48.2 Å². The highest BCUT2D eigenvalue weighted by molar-refractivity contribution is 8.01. The topological polar surface area (TPSA) is 104 Å². The van der Waals surface area contributed by atoms with E-state index in [1.54, 1.807) is 69.3 Å². The zero-order valence-corrected chi connectivity index (χ0v) is 18.8. The Labute approximate surface area is 190 Å². The number of carbonyl (C=O) groups is 4. The monoisotopic (exact) mass is 452 g/mol. The van der Waals surface area contributed by atoms with Crippen molar-refractivity contribution in [3.05, 3.63) is 71.3 Å². The molecule has 2 fully saturated rings. The van der Waals surface area contributed by atoms with Crippen LogP contribution in [-0.4, -0.2) is 55.8 Å². The number of fused-ring (bicyclic) bond motifs is 1. The molecule has 2 saturated heterocycles. The summed E-state index contributed by atoms with van der Waals surface area (Å²) in [5, 5.41) is 11.9. The van der Waals surface area contributed by atoms with Gasteiger partial charge < -0.3 is 15.3 Å². The van der Waals surface area contributed by atoms with Gasteiger partial charge in [-0.25, -0.2) is 4.79 Å². The first kappa shape index (κ1) is 22.1. The molecule has 4 rings (SSSR count). The smallest absolute Gasteiger partial charge is 0.327 e. The quantitative estimate of drug-likeness (QED) is 0.516. The van der Waals surface area contributed by atoms with Crippen molar-refractivity contribution < 1.29 is 24.3 Å². The molecule has 7 nitrogen and oxygen atoms in total. The molecule has 2 amide bonds. The van der Waals surface area contributed by atoms with Gasteiger partial charge in [0.1, 0.15) is 17.5 Å². The molecule has 32 heavy (non-hydrogen) atoms. The van der Waals surface area contributed by atoms with E-state index in [1.807, 2.05) is 6.07 Å². The summed E-state index contributed by atoms with van der Waals surface area (Å²) in [5.41, 5.74) is 1.71. The molecule has 4 atom stereocenters. The number of hydrogen-bond donors (Lipinski definition) is 2. The minimum atomic E-state index is -1.05. The SMILES string of the molecule is CC(C(=O)NC1C(=O)N2C1SC(C)(C)C2C(=O)O)c1cccc(C(=O)c2ccccc2)c1. The van der Waals surface area contributed by atoms with E-state index in [-0.39, 0.29) is 17.6 Å². The predicted octanol–water partition coefficient (Wildman–Crippen LogP) is 2.65. The summed E-state index contributed by atoms with van der Waals surface area (Å²) >= 11 is 1.38. The van der Waals surface area contributed by atoms with Gasteiger partial charge in [0.25, 0.3) is 0 Å². The highest BCUT2D eigenvalue weighted by atomic mass is 32.2. The number of amides is 2. The summed E-state index contributed by atoms with van der Waals surface area (Å²) in [6.45, 7) is 5.30. The lowest BCUT2D eigenvalue weighted by atomic mass is 9.93. The van der Waals surface area contributed by atoms with E-state index >= 15 is 0 Å². The Morgan fingerprint density at radius 3 is 2.38 bits per heavy atom. The van der Waals surface area contributed by atoms with Crippen LogP contribution >= 0.6 is 11.8 Å². The Hall–Kier alpha value is -3.13. The van der Waals surface area contributed by atoms with Crippen molar-refractivity contribution in [2.75, 3.05) is 0 Å². The first-order valence-corrected chi connectivity index (χ1v) is 11.2. The summed E-state index contributed by atoms with van der Waals surface area (Å²) in [5.74, 6) is -2.49. The summed E-state index contributed by atoms with van der Waals surface area (Å²) < 4.78 is -0.649. The zero-order chi connectivity index (χ0) is 23.2. The van der Waals surface area contributed by atoms with Gasteiger partial charge in [-0.2, -0.15) is 0 Å². The molecule has 2 aliphatic heterocycles. The molecule has 0 radical (unpaired) electrons. The Morgan fingerprint density at radius 2 is 1.72 bits per heavy atom. The average Bonchev–Trinajstić information content (AvgIpc) is 3.04. The van der Waals surface area contributed by atoms with E-state index < -0.39 is 34.1 Å². The summed E-state index contributed by atoms with van der Waals surface area (Å²) in [6, 6.07) is 14.1. The van der Waals surface area contributed by atoms with E-state index in [0.29, 0.717) is 16.7 Å². The fourth-order valence-electron chi connectivity index (χ4n) is 4.28. The molecule has 8 heteroatoms. The normalized spacial score (nSPS) is 24.3. The van der Waals surface area contributed by atoms with Gasteiger partial charge in [-0.15, -0.1) is 11.8 Å². The van der Waals surface area contributed by atoms with Crippen LogP contribution in [0.4, 0.5) is 0 Å². The Kier molecular flexibility index (Phi) is 5.58. The van der Waals surface area contributed by atoms with Crippen LogP contribution in [0, 0.1) is 0 Å². The van der Waals surface area contributed by atoms with E-state index in [2.05, 4.69) is 5.32 Å². The number of carbonyl (C=O) groups excluding carboxylic acids is 3. The lowest BCUT2D eigenvalue weighted by Gasteiger charge is -2.43. The fourth-order valence-corrected chi connectivity index (χ4v) is 5.91. The van der Waals surface area contributed by atoms with Crippen LogP contribution in [0.2, 0.25) is 0 Å². The van der Waals surface area contributed by atoms with E-state index in [1.165, 1.54) is 16.7 Å². The van der Waals surface area contributed by atoms with Crippen molar-refractivity contribution in [2.45, 2.75) is 48.9 Å². The standard InChI is InChI=1S/C24H24N2O5S/c1-13(15-10-7-11-16(12-15)18(27)14-8-5-4-6-9-14)20(28)25-17-21(29)26-19(23(30)31)24(2,3)32-22(17)26/h4-13,17,19,22H,1-3H3,(H,25,28)(H,30,31). The Morgan fingerprint density at radius 1 is 1.06 bits per heavy atom. The van der Waals surface area contributed by atoms with Gasteiger partial charge in [0.2, 0.25) is 11.8 Å². The molecule has 0 saturated carbocycles. The molecule has 2 N–H and O–H groups in total. The lowest BCUT2D eigenvalue weighted by molar-refractivity contribution is -0.161. The maximum Gasteiger partial charge on any atom is 0.327 e. The number of carboxylic acids is 1. The molecule has 2 aromatic rings. The third kappa shape index (κ3) is 3.68. The average molecular weight is 453 g/mol. The van der Waals surface area contributed by atoms with Crippen molar-refractivity contribution in [1.29, 1.82) is 0 Å². The number of rotatable bonds is 6. The van der Waals surface area contributed by atoms with E-state index in [9.17, 15) is 24.3 Å². The number of hydrogen-bond acceptors (Lipinski definition) is 5. The van der Waals surface area contributed by atoms with Crippen LogP contribution in [0.15, 0.2) is 54.6 Å². The Bertz CT molecular complexity index is 1100. The van der Waals surface area contributed by atoms with Crippen LogP contribution in [0.3, 0.4) is 0 Å². The van der Waals surface area contributed by atoms with Gasteiger partial charge in [-0.1, -0.05) is 48.5 Å². The molecule has 0 bridgehead atoms. The largest absolute Gasteiger partial charge is 0.480 e. The van der Waals surface area contributed by atoms with Gasteiger partial charge in [0, 0.05) is 15.9 Å². The molecule has 0 aliphatic carbocycles. The Balaban J connectivity index is 1.47. The van der Waals surface area contributed by atoms with Gasteiger partial charge >= 0.3 is 5.97 Å². The number of β-lactam (4-membered cyclic amide) rings is 1. The van der Waals surface area contributed by atoms with Crippen molar-refractivity contribution in [3.8, 4) is 0 Å². The number of thioether (sulfide) groups is 1. The van der Waals surface area contributed by atoms with Gasteiger partial charge in [0.05, 0.1) is 5.92 Å². The number of nitrogens with one attached hydrogen (secondary N) is 1. The van der Waals surface area contributed by atoms with Crippen molar-refractivity contribution >= 4 is 35.3 Å². The van der Waals surface area contributed by atoms with Crippen LogP contribution in [0.25, 0.3) is 0 Å². The fraction of sp³-hybridized carbons (Fsp3) is 0.333. The number of ketones is 1. The van der Waals surface area contributed by atoms with Gasteiger partial charge in [0.15, 0.2) is 5.78 Å². The molecule has 0 aromatic heterocycles. The predicted molar refractivity (Wildman–Crippen MR) is 120 cm³/mol. The zero-order valence-electron chi connectivity index (χ0n) is 17.9. The first-order chi connectivity index (χ1) is 15.1. The number of nitrogens with zero attached hydrogens (tertiary/aromatic N) is 1. The minimum absolute atomic E-state index is 0.130. The number of aliphatic carboxylic acids is 1. The minimum Gasteiger partial charge on any atom is -0.480 e. The molecular formula is C24H24N2O5S. The van der Waals surface area contributed by atoms with E-state index in [4.69, 9.17) is 0 Å². The van der Waals surface area contributed by atoms with E-state index in [0.717, 1.165) is 0 Å². The molecular weight excluding hydrogens is 428 g/mol. The van der Waals surface area contributed by atoms with Crippen molar-refractivity contribution in [3.63, 3.8) is 0 Å². The molecule has 2 heterocycles. The number of carboxylic acid groups (broad SMARTS) is 1.